The topological polar surface area (TPSA) is 112 Å². The van der Waals surface area contributed by atoms with Crippen LogP contribution in [0.15, 0.2) is 17.0 Å². The molecule has 0 heterocycles. The smallest absolute Gasteiger partial charge is 0.335 e. The van der Waals surface area contributed by atoms with Gasteiger partial charge < -0.3 is 15.3 Å². The lowest BCUT2D eigenvalue weighted by Gasteiger charge is -2.10. The van der Waals surface area contributed by atoms with Crippen LogP contribution in [0.25, 0.3) is 0 Å². The fourth-order valence-electron chi connectivity index (χ4n) is 1.31. The molecule has 1 rings (SSSR count). The highest BCUT2D eigenvalue weighted by molar-refractivity contribution is 7.91. The van der Waals surface area contributed by atoms with Gasteiger partial charge in [-0.2, -0.15) is 0 Å². The molecule has 0 aromatic heterocycles. The highest BCUT2D eigenvalue weighted by Crippen LogP contribution is 2.21. The van der Waals surface area contributed by atoms with Crippen LogP contribution >= 0.6 is 0 Å². The molecule has 0 amide bonds. The Morgan fingerprint density at radius 3 is 2.37 bits per heavy atom. The number of halogens is 2. The van der Waals surface area contributed by atoms with Crippen LogP contribution in [0.5, 0.6) is 0 Å². The van der Waals surface area contributed by atoms with Crippen LogP contribution in [0.1, 0.15) is 10.4 Å². The first-order valence-corrected chi connectivity index (χ1v) is 6.58. The summed E-state index contributed by atoms with van der Waals surface area (Å²) in [5, 5.41) is 26.2. The van der Waals surface area contributed by atoms with Crippen molar-refractivity contribution in [3.05, 3.63) is 29.3 Å². The number of rotatable bonds is 5. The maximum atomic E-state index is 13.4. The fraction of sp³-hybridized carbons (Fsp3) is 0.300. The van der Waals surface area contributed by atoms with E-state index in [-0.39, 0.29) is 0 Å². The monoisotopic (exact) mass is 296 g/mol. The molecule has 0 aliphatic carbocycles. The van der Waals surface area contributed by atoms with Crippen LogP contribution in [0.4, 0.5) is 8.78 Å². The number of hydrogen-bond donors (Lipinski definition) is 3. The number of aliphatic hydroxyl groups is 2. The van der Waals surface area contributed by atoms with Gasteiger partial charge in [0.2, 0.25) is 0 Å². The Morgan fingerprint density at radius 1 is 1.32 bits per heavy atom. The Balaban J connectivity index is 3.37. The first-order valence-electron chi connectivity index (χ1n) is 4.93. The number of benzene rings is 1. The van der Waals surface area contributed by atoms with E-state index >= 15 is 0 Å². The highest BCUT2D eigenvalue weighted by Gasteiger charge is 2.26. The summed E-state index contributed by atoms with van der Waals surface area (Å²) in [6.45, 7) is -0.887. The van der Waals surface area contributed by atoms with Crippen LogP contribution in [0, 0.1) is 11.6 Å². The third-order valence-corrected chi connectivity index (χ3v) is 3.99. The van der Waals surface area contributed by atoms with Gasteiger partial charge in [0.15, 0.2) is 21.5 Å². The maximum Gasteiger partial charge on any atom is 0.335 e. The van der Waals surface area contributed by atoms with Gasteiger partial charge in [-0.05, 0) is 12.1 Å². The average Bonchev–Trinajstić information content (AvgIpc) is 2.31. The third kappa shape index (κ3) is 3.46. The van der Waals surface area contributed by atoms with E-state index in [1.807, 2.05) is 0 Å². The summed E-state index contributed by atoms with van der Waals surface area (Å²) in [5.41, 5.74) is -0.740. The van der Waals surface area contributed by atoms with Crippen LogP contribution in [-0.4, -0.2) is 48.2 Å². The van der Waals surface area contributed by atoms with Crippen LogP contribution in [0.3, 0.4) is 0 Å². The molecule has 1 unspecified atom stereocenters. The molecular formula is C10H10F2O6S. The van der Waals surface area contributed by atoms with E-state index in [9.17, 15) is 22.0 Å². The fourth-order valence-corrected chi connectivity index (χ4v) is 2.78. The lowest BCUT2D eigenvalue weighted by Crippen LogP contribution is -2.25. The Labute approximate surface area is 106 Å². The van der Waals surface area contributed by atoms with E-state index in [1.54, 1.807) is 0 Å². The van der Waals surface area contributed by atoms with Crippen molar-refractivity contribution in [2.24, 2.45) is 0 Å². The van der Waals surface area contributed by atoms with Gasteiger partial charge in [0, 0.05) is 0 Å². The van der Waals surface area contributed by atoms with Gasteiger partial charge in [-0.25, -0.2) is 22.0 Å². The Hall–Kier alpha value is -1.58. The molecule has 1 aromatic carbocycles. The minimum atomic E-state index is -4.47. The van der Waals surface area contributed by atoms with Crippen LogP contribution in [-0.2, 0) is 9.84 Å². The quantitative estimate of drug-likeness (QED) is 0.693. The molecule has 0 saturated heterocycles. The molecule has 1 aromatic rings. The summed E-state index contributed by atoms with van der Waals surface area (Å²) in [5.74, 6) is -6.03. The SMILES string of the molecule is O=C(O)c1cc(F)c(F)c(S(=O)(=O)CC(O)CO)c1. The molecule has 6 nitrogen and oxygen atoms in total. The van der Waals surface area contributed by atoms with Crippen LogP contribution < -0.4 is 0 Å². The lowest BCUT2D eigenvalue weighted by atomic mass is 10.2. The van der Waals surface area contributed by atoms with Gasteiger partial charge in [0.1, 0.15) is 4.90 Å². The lowest BCUT2D eigenvalue weighted by molar-refractivity contribution is 0.0696. The maximum absolute atomic E-state index is 13.4. The number of carbonyl (C=O) groups is 1. The number of aromatic carboxylic acids is 1. The molecule has 0 fully saturated rings. The van der Waals surface area contributed by atoms with Crippen molar-refractivity contribution in [1.29, 1.82) is 0 Å². The molecule has 0 spiro atoms. The molecule has 0 saturated carbocycles. The summed E-state index contributed by atoms with van der Waals surface area (Å²) in [7, 11) is -4.47. The molecule has 9 heteroatoms. The highest BCUT2D eigenvalue weighted by atomic mass is 32.2. The van der Waals surface area contributed by atoms with Crippen molar-refractivity contribution < 1.29 is 37.3 Å². The standard InChI is InChI=1S/C10H10F2O6S/c11-7-1-5(10(15)16)2-8(9(7)12)19(17,18)4-6(14)3-13/h1-2,6,13-14H,3-4H2,(H,15,16). The third-order valence-electron chi connectivity index (χ3n) is 2.20. The second-order valence-corrected chi connectivity index (χ2v) is 5.70. The number of aliphatic hydroxyl groups excluding tert-OH is 2. The molecule has 3 N–H and O–H groups in total. The van der Waals surface area contributed by atoms with Gasteiger partial charge >= 0.3 is 5.97 Å². The normalized spacial score (nSPS) is 13.3. The second kappa shape index (κ2) is 5.59. The molecule has 0 radical (unpaired) electrons. The minimum Gasteiger partial charge on any atom is -0.478 e. The van der Waals surface area contributed by atoms with Gasteiger partial charge in [-0.3, -0.25) is 0 Å². The summed E-state index contributed by atoms with van der Waals surface area (Å²) >= 11 is 0. The first-order chi connectivity index (χ1) is 8.69. The van der Waals surface area contributed by atoms with E-state index in [0.29, 0.717) is 12.1 Å². The zero-order chi connectivity index (χ0) is 14.8. The number of carboxylic acids is 1. The summed E-state index contributed by atoms with van der Waals surface area (Å²) in [6, 6.07) is 0.805. The summed E-state index contributed by atoms with van der Waals surface area (Å²) < 4.78 is 49.9. The molecule has 106 valence electrons. The van der Waals surface area contributed by atoms with Gasteiger partial charge in [0.05, 0.1) is 24.0 Å². The van der Waals surface area contributed by atoms with Gasteiger partial charge in [-0.1, -0.05) is 0 Å². The predicted octanol–water partition coefficient (Wildman–Crippen LogP) is -0.210. The van der Waals surface area contributed by atoms with Crippen molar-refractivity contribution in [1.82, 2.24) is 0 Å². The molecule has 19 heavy (non-hydrogen) atoms. The Kier molecular flexibility index (Phi) is 4.56. The zero-order valence-corrected chi connectivity index (χ0v) is 10.2. The van der Waals surface area contributed by atoms with E-state index in [2.05, 4.69) is 0 Å². The van der Waals surface area contributed by atoms with E-state index < -0.39 is 56.4 Å². The Morgan fingerprint density at radius 2 is 1.89 bits per heavy atom. The van der Waals surface area contributed by atoms with Crippen molar-refractivity contribution in [2.45, 2.75) is 11.0 Å². The minimum absolute atomic E-state index is 0.346. The number of sulfone groups is 1. The second-order valence-electron chi connectivity index (χ2n) is 3.69. The van der Waals surface area contributed by atoms with Crippen molar-refractivity contribution in [2.75, 3.05) is 12.4 Å². The summed E-state index contributed by atoms with van der Waals surface area (Å²) in [6.07, 6.45) is -1.68. The van der Waals surface area contributed by atoms with Crippen LogP contribution in [0.2, 0.25) is 0 Å². The van der Waals surface area contributed by atoms with Gasteiger partial charge in [0.25, 0.3) is 0 Å². The zero-order valence-electron chi connectivity index (χ0n) is 9.38. The summed E-state index contributed by atoms with van der Waals surface area (Å²) in [4.78, 5) is 9.48. The Bertz CT molecular complexity index is 598. The molecule has 0 aliphatic rings. The van der Waals surface area contributed by atoms with E-state index in [1.165, 1.54) is 0 Å². The van der Waals surface area contributed by atoms with Crippen molar-refractivity contribution in [3.63, 3.8) is 0 Å². The molecule has 0 bridgehead atoms. The van der Waals surface area contributed by atoms with Crippen molar-refractivity contribution in [3.8, 4) is 0 Å². The largest absolute Gasteiger partial charge is 0.478 e. The van der Waals surface area contributed by atoms with Gasteiger partial charge in [-0.15, -0.1) is 0 Å². The predicted molar refractivity (Wildman–Crippen MR) is 58.5 cm³/mol. The van der Waals surface area contributed by atoms with Crippen molar-refractivity contribution >= 4 is 15.8 Å². The average molecular weight is 296 g/mol. The van der Waals surface area contributed by atoms with E-state index in [0.717, 1.165) is 0 Å². The molecule has 1 atom stereocenters. The number of hydrogen-bond acceptors (Lipinski definition) is 5. The number of carboxylic acid groups (broad SMARTS) is 1. The van der Waals surface area contributed by atoms with E-state index in [4.69, 9.17) is 15.3 Å². The first kappa shape index (κ1) is 15.5. The molecular weight excluding hydrogens is 286 g/mol. The molecule has 0 aliphatic heterocycles.